The number of benzene rings is 5. The van der Waals surface area contributed by atoms with E-state index in [1.807, 2.05) is 11.3 Å². The van der Waals surface area contributed by atoms with Crippen molar-refractivity contribution in [3.8, 4) is 16.8 Å². The van der Waals surface area contributed by atoms with Crippen LogP contribution >= 0.6 is 11.3 Å². The molecule has 0 fully saturated rings. The van der Waals surface area contributed by atoms with Crippen LogP contribution in [0.2, 0.25) is 0 Å². The molecule has 2 nitrogen and oxygen atoms in total. The van der Waals surface area contributed by atoms with E-state index in [4.69, 9.17) is 4.98 Å². The Morgan fingerprint density at radius 2 is 1.27 bits per heavy atom. The first-order valence-corrected chi connectivity index (χ1v) is 14.6. The Kier molecular flexibility index (Phi) is 5.49. The predicted octanol–water partition coefficient (Wildman–Crippen LogP) is 10.3. The molecule has 1 aliphatic carbocycles. The molecule has 40 heavy (non-hydrogen) atoms. The smallest absolute Gasteiger partial charge is 0.141 e. The second-order valence-electron chi connectivity index (χ2n) is 10.3. The Hall–Kier alpha value is -4.73. The van der Waals surface area contributed by atoms with E-state index in [1.54, 1.807) is 0 Å². The summed E-state index contributed by atoms with van der Waals surface area (Å²) in [6.07, 6.45) is 6.56. The van der Waals surface area contributed by atoms with Gasteiger partial charge in [0.05, 0.1) is 16.7 Å². The van der Waals surface area contributed by atoms with Crippen molar-refractivity contribution in [1.82, 2.24) is 9.55 Å². The molecule has 2 heterocycles. The van der Waals surface area contributed by atoms with Gasteiger partial charge in [0.25, 0.3) is 0 Å². The van der Waals surface area contributed by atoms with Crippen LogP contribution in [0.5, 0.6) is 0 Å². The van der Waals surface area contributed by atoms with Crippen molar-refractivity contribution in [2.45, 2.75) is 12.8 Å². The number of thiophene rings is 1. The van der Waals surface area contributed by atoms with E-state index in [0.717, 1.165) is 35.4 Å². The van der Waals surface area contributed by atoms with Gasteiger partial charge in [-0.2, -0.15) is 0 Å². The minimum absolute atomic E-state index is 0.948. The Labute approximate surface area is 237 Å². The molecule has 3 heteroatoms. The van der Waals surface area contributed by atoms with Gasteiger partial charge >= 0.3 is 0 Å². The maximum Gasteiger partial charge on any atom is 0.141 e. The van der Waals surface area contributed by atoms with Crippen LogP contribution in [0.4, 0.5) is 0 Å². The molecule has 0 unspecified atom stereocenters. The lowest BCUT2D eigenvalue weighted by Gasteiger charge is -2.19. The fourth-order valence-corrected chi connectivity index (χ4v) is 7.32. The molecule has 1 aliphatic rings. The SMILES string of the molecule is C1=C(c2cccc3c2sc2ccccc23)CCC(c2nc3ccccc3n2-c2ccccc2-c2ccccc2)=C1. The van der Waals surface area contributed by atoms with E-state index in [2.05, 4.69) is 138 Å². The van der Waals surface area contributed by atoms with Gasteiger partial charge in [0, 0.05) is 25.7 Å². The summed E-state index contributed by atoms with van der Waals surface area (Å²) in [5.74, 6) is 1.03. The number of allylic oxidation sites excluding steroid dienone is 4. The summed E-state index contributed by atoms with van der Waals surface area (Å²) in [5, 5.41) is 2.70. The van der Waals surface area contributed by atoms with E-state index in [0.29, 0.717) is 0 Å². The van der Waals surface area contributed by atoms with Crippen molar-refractivity contribution in [3.05, 3.63) is 145 Å². The van der Waals surface area contributed by atoms with Crippen LogP contribution < -0.4 is 0 Å². The summed E-state index contributed by atoms with van der Waals surface area (Å²) in [5.41, 5.74) is 9.74. The Morgan fingerprint density at radius 3 is 2.17 bits per heavy atom. The normalized spacial score (nSPS) is 13.6. The maximum absolute atomic E-state index is 5.19. The zero-order valence-corrected chi connectivity index (χ0v) is 22.7. The molecule has 8 rings (SSSR count). The van der Waals surface area contributed by atoms with Gasteiger partial charge in [-0.3, -0.25) is 4.57 Å². The van der Waals surface area contributed by atoms with E-state index in [9.17, 15) is 0 Å². The summed E-state index contributed by atoms with van der Waals surface area (Å²) >= 11 is 1.90. The molecule has 0 spiro atoms. The average molecular weight is 531 g/mol. The fraction of sp³-hybridized carbons (Fsp3) is 0.0541. The Balaban J connectivity index is 1.28. The third kappa shape index (κ3) is 3.74. The third-order valence-electron chi connectivity index (χ3n) is 7.98. The van der Waals surface area contributed by atoms with Crippen LogP contribution in [0.1, 0.15) is 24.2 Å². The number of rotatable bonds is 4. The molecule has 0 atom stereocenters. The van der Waals surface area contributed by atoms with Crippen molar-refractivity contribution in [1.29, 1.82) is 0 Å². The van der Waals surface area contributed by atoms with Gasteiger partial charge in [0.2, 0.25) is 0 Å². The number of hydrogen-bond acceptors (Lipinski definition) is 2. The zero-order chi connectivity index (χ0) is 26.5. The molecular weight excluding hydrogens is 504 g/mol. The highest BCUT2D eigenvalue weighted by Gasteiger charge is 2.21. The first-order valence-electron chi connectivity index (χ1n) is 13.8. The van der Waals surface area contributed by atoms with Crippen LogP contribution in [0.25, 0.3) is 59.2 Å². The van der Waals surface area contributed by atoms with Crippen LogP contribution in [0, 0.1) is 0 Å². The van der Waals surface area contributed by atoms with E-state index in [1.165, 1.54) is 48.0 Å². The molecule has 0 amide bonds. The van der Waals surface area contributed by atoms with Gasteiger partial charge < -0.3 is 0 Å². The van der Waals surface area contributed by atoms with Gasteiger partial charge in [-0.25, -0.2) is 4.98 Å². The highest BCUT2D eigenvalue weighted by atomic mass is 32.1. The average Bonchev–Trinajstić information content (AvgIpc) is 3.60. The standard InChI is InChI=1S/C37H26N2S/c1-2-11-25(12-3-1)28-13-4-7-18-33(28)39-34-19-8-6-17-32(34)38-37(39)27-23-21-26(22-24-27)29-15-10-16-31-30-14-5-9-20-35(30)40-36(29)31/h1-21,23H,22,24H2. The van der Waals surface area contributed by atoms with Crippen LogP contribution in [0.15, 0.2) is 133 Å². The summed E-state index contributed by atoms with van der Waals surface area (Å²) in [4.78, 5) is 5.19. The molecule has 2 aromatic heterocycles. The van der Waals surface area contributed by atoms with Crippen molar-refractivity contribution in [3.63, 3.8) is 0 Å². The van der Waals surface area contributed by atoms with Gasteiger partial charge in [0.15, 0.2) is 0 Å². The number of para-hydroxylation sites is 3. The van der Waals surface area contributed by atoms with Crippen molar-refractivity contribution in [2.24, 2.45) is 0 Å². The second-order valence-corrected chi connectivity index (χ2v) is 11.4. The number of nitrogens with zero attached hydrogens (tertiary/aromatic N) is 2. The lowest BCUT2D eigenvalue weighted by atomic mass is 9.92. The fourth-order valence-electron chi connectivity index (χ4n) is 6.06. The monoisotopic (exact) mass is 530 g/mol. The van der Waals surface area contributed by atoms with E-state index >= 15 is 0 Å². The van der Waals surface area contributed by atoms with E-state index in [-0.39, 0.29) is 0 Å². The van der Waals surface area contributed by atoms with Crippen LogP contribution in [0.3, 0.4) is 0 Å². The Bertz CT molecular complexity index is 2110. The number of aromatic nitrogens is 2. The summed E-state index contributed by atoms with van der Waals surface area (Å²) in [7, 11) is 0. The highest BCUT2D eigenvalue weighted by molar-refractivity contribution is 7.26. The van der Waals surface area contributed by atoms with Gasteiger partial charge in [0.1, 0.15) is 5.82 Å². The van der Waals surface area contributed by atoms with Gasteiger partial charge in [-0.1, -0.05) is 109 Å². The minimum atomic E-state index is 0.948. The number of fused-ring (bicyclic) bond motifs is 4. The molecule has 0 N–H and O–H groups in total. The Morgan fingerprint density at radius 1 is 0.575 bits per heavy atom. The molecule has 7 aromatic rings. The van der Waals surface area contributed by atoms with Gasteiger partial charge in [-0.05, 0) is 59.4 Å². The minimum Gasteiger partial charge on any atom is -0.292 e. The quantitative estimate of drug-likeness (QED) is 0.221. The molecule has 5 aromatic carbocycles. The van der Waals surface area contributed by atoms with Crippen molar-refractivity contribution < 1.29 is 0 Å². The molecule has 0 radical (unpaired) electrons. The maximum atomic E-state index is 5.19. The zero-order valence-electron chi connectivity index (χ0n) is 21.9. The number of hydrogen-bond donors (Lipinski definition) is 0. The lowest BCUT2D eigenvalue weighted by molar-refractivity contribution is 0.991. The topological polar surface area (TPSA) is 17.8 Å². The third-order valence-corrected chi connectivity index (χ3v) is 9.20. The van der Waals surface area contributed by atoms with Gasteiger partial charge in [-0.15, -0.1) is 11.3 Å². The summed E-state index contributed by atoms with van der Waals surface area (Å²) < 4.78 is 5.09. The highest BCUT2D eigenvalue weighted by Crippen LogP contribution is 2.42. The van der Waals surface area contributed by atoms with Crippen LogP contribution in [-0.4, -0.2) is 9.55 Å². The molecule has 0 saturated heterocycles. The van der Waals surface area contributed by atoms with Crippen molar-refractivity contribution >= 4 is 53.7 Å². The molecular formula is C37H26N2S. The summed E-state index contributed by atoms with van der Waals surface area (Å²) in [6.45, 7) is 0. The molecule has 0 saturated carbocycles. The lowest BCUT2D eigenvalue weighted by Crippen LogP contribution is -2.04. The number of imidazole rings is 1. The van der Waals surface area contributed by atoms with E-state index < -0.39 is 0 Å². The predicted molar refractivity (Wildman–Crippen MR) is 171 cm³/mol. The first-order chi connectivity index (χ1) is 19.8. The molecule has 0 bridgehead atoms. The second kappa shape index (κ2) is 9.48. The first kappa shape index (κ1) is 23.2. The largest absolute Gasteiger partial charge is 0.292 e. The van der Waals surface area contributed by atoms with Crippen LogP contribution in [-0.2, 0) is 0 Å². The van der Waals surface area contributed by atoms with Crippen molar-refractivity contribution in [2.75, 3.05) is 0 Å². The summed E-state index contributed by atoms with van der Waals surface area (Å²) in [6, 6.07) is 43.3. The molecule has 190 valence electrons. The molecule has 0 aliphatic heterocycles.